The van der Waals surface area contributed by atoms with Gasteiger partial charge in [-0.05, 0) is 6.92 Å². The molecule has 0 bridgehead atoms. The molecule has 0 aromatic carbocycles. The van der Waals surface area contributed by atoms with Crippen LogP contribution in [-0.2, 0) is 6.54 Å². The summed E-state index contributed by atoms with van der Waals surface area (Å²) in [4.78, 5) is 14.1. The third-order valence-corrected chi connectivity index (χ3v) is 1.32. The monoisotopic (exact) mass is 157 g/mol. The normalized spacial score (nSPS) is 10.0. The van der Waals surface area contributed by atoms with E-state index in [2.05, 4.69) is 4.98 Å². The summed E-state index contributed by atoms with van der Waals surface area (Å²) in [5.41, 5.74) is 4.52. The number of aryl methyl sites for hydroxylation is 1. The number of aromatic nitrogens is 2. The summed E-state index contributed by atoms with van der Waals surface area (Å²) >= 11 is 0. The van der Waals surface area contributed by atoms with Crippen molar-refractivity contribution in [1.82, 2.24) is 9.55 Å². The predicted octanol–water partition coefficient (Wildman–Crippen LogP) is -0.0155. The maximum atomic E-state index is 12.6. The molecule has 1 aromatic heterocycles. The van der Waals surface area contributed by atoms with Crippen molar-refractivity contribution in [2.24, 2.45) is 0 Å². The second kappa shape index (κ2) is 2.69. The van der Waals surface area contributed by atoms with E-state index in [1.165, 1.54) is 0 Å². The molecule has 4 nitrogen and oxygen atoms in total. The lowest BCUT2D eigenvalue weighted by Crippen LogP contribution is -2.23. The maximum Gasteiger partial charge on any atom is 0.349 e. The van der Waals surface area contributed by atoms with Crippen LogP contribution in [0.2, 0.25) is 0 Å². The minimum absolute atomic E-state index is 0.347. The van der Waals surface area contributed by atoms with Crippen molar-refractivity contribution in [1.29, 1.82) is 0 Å². The molecule has 1 heterocycles. The van der Waals surface area contributed by atoms with E-state index in [0.29, 0.717) is 6.54 Å². The second-order valence-electron chi connectivity index (χ2n) is 2.04. The van der Waals surface area contributed by atoms with E-state index in [1.807, 2.05) is 0 Å². The van der Waals surface area contributed by atoms with E-state index < -0.39 is 11.5 Å². The quantitative estimate of drug-likeness (QED) is 0.623. The average Bonchev–Trinajstić information content (AvgIpc) is 1.97. The van der Waals surface area contributed by atoms with Crippen LogP contribution in [0, 0.1) is 5.82 Å². The molecule has 0 radical (unpaired) electrons. The van der Waals surface area contributed by atoms with Crippen molar-refractivity contribution < 1.29 is 4.39 Å². The van der Waals surface area contributed by atoms with Crippen molar-refractivity contribution in [2.75, 3.05) is 5.73 Å². The standard InChI is InChI=1S/C6H8FN3O/c1-2-10-3-4(7)5(8)9-6(10)11/h3H,2H2,1H3,(H2,8,9,11). The predicted molar refractivity (Wildman–Crippen MR) is 38.5 cm³/mol. The Morgan fingerprint density at radius 1 is 1.82 bits per heavy atom. The van der Waals surface area contributed by atoms with Crippen molar-refractivity contribution in [2.45, 2.75) is 13.5 Å². The summed E-state index contributed by atoms with van der Waals surface area (Å²) < 4.78 is 13.7. The highest BCUT2D eigenvalue weighted by Crippen LogP contribution is 1.99. The van der Waals surface area contributed by atoms with Crippen LogP contribution in [0.4, 0.5) is 10.2 Å². The molecule has 1 rings (SSSR count). The van der Waals surface area contributed by atoms with Crippen molar-refractivity contribution >= 4 is 5.82 Å². The lowest BCUT2D eigenvalue weighted by Gasteiger charge is -2.00. The summed E-state index contributed by atoms with van der Waals surface area (Å²) in [6.07, 6.45) is 1.05. The summed E-state index contributed by atoms with van der Waals surface area (Å²) in [5.74, 6) is -1.01. The highest BCUT2D eigenvalue weighted by Gasteiger charge is 2.02. The molecule has 11 heavy (non-hydrogen) atoms. The van der Waals surface area contributed by atoms with Crippen LogP contribution in [0.25, 0.3) is 0 Å². The minimum atomic E-state index is -0.661. The van der Waals surface area contributed by atoms with Gasteiger partial charge in [-0.3, -0.25) is 4.57 Å². The zero-order valence-corrected chi connectivity index (χ0v) is 6.04. The van der Waals surface area contributed by atoms with Crippen LogP contribution >= 0.6 is 0 Å². The maximum absolute atomic E-state index is 12.6. The van der Waals surface area contributed by atoms with Crippen molar-refractivity contribution in [3.8, 4) is 0 Å². The van der Waals surface area contributed by atoms with E-state index in [4.69, 9.17) is 5.73 Å². The van der Waals surface area contributed by atoms with E-state index in [0.717, 1.165) is 10.8 Å². The molecule has 1 aromatic rings. The Labute approximate surface area is 62.5 Å². The Morgan fingerprint density at radius 3 is 3.00 bits per heavy atom. The van der Waals surface area contributed by atoms with Crippen LogP contribution in [0.15, 0.2) is 11.0 Å². The van der Waals surface area contributed by atoms with Gasteiger partial charge in [-0.15, -0.1) is 0 Å². The van der Waals surface area contributed by atoms with Gasteiger partial charge in [0, 0.05) is 12.7 Å². The Morgan fingerprint density at radius 2 is 2.45 bits per heavy atom. The molecule has 0 aliphatic rings. The molecular formula is C6H8FN3O. The number of halogens is 1. The van der Waals surface area contributed by atoms with Gasteiger partial charge in [-0.1, -0.05) is 0 Å². The lowest BCUT2D eigenvalue weighted by molar-refractivity contribution is 0.580. The molecule has 0 amide bonds. The molecule has 60 valence electrons. The molecule has 0 spiro atoms. The number of hydrogen-bond donors (Lipinski definition) is 1. The van der Waals surface area contributed by atoms with Crippen molar-refractivity contribution in [3.05, 3.63) is 22.5 Å². The van der Waals surface area contributed by atoms with E-state index in [9.17, 15) is 9.18 Å². The topological polar surface area (TPSA) is 60.9 Å². The highest BCUT2D eigenvalue weighted by molar-refractivity contribution is 5.26. The van der Waals surface area contributed by atoms with Gasteiger partial charge < -0.3 is 5.73 Å². The lowest BCUT2D eigenvalue weighted by atomic mass is 10.5. The molecule has 5 heteroatoms. The van der Waals surface area contributed by atoms with Crippen molar-refractivity contribution in [3.63, 3.8) is 0 Å². The van der Waals surface area contributed by atoms with Gasteiger partial charge in [-0.25, -0.2) is 9.18 Å². The Bertz CT molecular complexity index is 320. The number of hydrogen-bond acceptors (Lipinski definition) is 3. The van der Waals surface area contributed by atoms with Gasteiger partial charge in [0.1, 0.15) is 0 Å². The minimum Gasteiger partial charge on any atom is -0.381 e. The van der Waals surface area contributed by atoms with Crippen LogP contribution in [0.3, 0.4) is 0 Å². The third kappa shape index (κ3) is 1.36. The summed E-state index contributed by atoms with van der Waals surface area (Å²) in [5, 5.41) is 0. The van der Waals surface area contributed by atoms with Gasteiger partial charge >= 0.3 is 5.69 Å². The summed E-state index contributed by atoms with van der Waals surface area (Å²) in [6.45, 7) is 2.11. The number of nitrogens with two attached hydrogens (primary N) is 1. The van der Waals surface area contributed by atoms with Gasteiger partial charge in [0.15, 0.2) is 11.6 Å². The number of nitrogens with zero attached hydrogens (tertiary/aromatic N) is 2. The SMILES string of the molecule is CCn1cc(F)c(N)nc1=O. The molecule has 0 atom stereocenters. The molecule has 0 unspecified atom stereocenters. The summed E-state index contributed by atoms with van der Waals surface area (Å²) in [6, 6.07) is 0. The van der Waals surface area contributed by atoms with Gasteiger partial charge in [0.25, 0.3) is 0 Å². The molecular weight excluding hydrogens is 149 g/mol. The molecule has 0 fully saturated rings. The first-order valence-corrected chi connectivity index (χ1v) is 3.17. The molecule has 0 saturated heterocycles. The fraction of sp³-hybridized carbons (Fsp3) is 0.333. The second-order valence-corrected chi connectivity index (χ2v) is 2.04. The molecule has 0 aliphatic carbocycles. The zero-order chi connectivity index (χ0) is 8.43. The average molecular weight is 157 g/mol. The molecule has 0 aliphatic heterocycles. The van der Waals surface area contributed by atoms with E-state index in [-0.39, 0.29) is 5.82 Å². The van der Waals surface area contributed by atoms with Crippen LogP contribution in [0.5, 0.6) is 0 Å². The van der Waals surface area contributed by atoms with Crippen LogP contribution in [0.1, 0.15) is 6.92 Å². The number of nitrogen functional groups attached to an aromatic ring is 1. The Hall–Kier alpha value is -1.39. The smallest absolute Gasteiger partial charge is 0.349 e. The zero-order valence-electron chi connectivity index (χ0n) is 6.04. The Kier molecular flexibility index (Phi) is 1.89. The highest BCUT2D eigenvalue weighted by atomic mass is 19.1. The molecule has 0 saturated carbocycles. The number of anilines is 1. The van der Waals surface area contributed by atoms with Gasteiger partial charge in [0.2, 0.25) is 0 Å². The first-order valence-electron chi connectivity index (χ1n) is 3.17. The fourth-order valence-corrected chi connectivity index (χ4v) is 0.705. The van der Waals surface area contributed by atoms with Crippen LogP contribution in [-0.4, -0.2) is 9.55 Å². The first kappa shape index (κ1) is 7.71. The largest absolute Gasteiger partial charge is 0.381 e. The summed E-state index contributed by atoms with van der Waals surface area (Å²) in [7, 11) is 0. The molecule has 2 N–H and O–H groups in total. The Balaban J connectivity index is 3.32. The van der Waals surface area contributed by atoms with Gasteiger partial charge in [0.05, 0.1) is 0 Å². The fourth-order valence-electron chi connectivity index (χ4n) is 0.705. The van der Waals surface area contributed by atoms with E-state index >= 15 is 0 Å². The number of rotatable bonds is 1. The van der Waals surface area contributed by atoms with Gasteiger partial charge in [-0.2, -0.15) is 4.98 Å². The van der Waals surface area contributed by atoms with E-state index in [1.54, 1.807) is 6.92 Å². The van der Waals surface area contributed by atoms with Crippen LogP contribution < -0.4 is 11.4 Å². The first-order chi connectivity index (χ1) is 5.15. The third-order valence-electron chi connectivity index (χ3n) is 1.32.